The van der Waals surface area contributed by atoms with E-state index in [1.165, 1.54) is 30.0 Å². The number of rotatable bonds is 26. The molecule has 10 N–H and O–H groups in total. The molecule has 4 fully saturated rings. The standard InChI is InChI=1S/C29H43N5O5S.C14H21N5O3.C12H18N5O13P3.C12H15N5O4/c1-9-24-19(8)12-25(39-24)34-29-26(28(33-35)30-15-31-29)23(32-34)10-11-38-40(36,37)27-21(17(4)5)13-20(16(2)3)14-22(27)18(6)7;1-3-10-8(2)6-11(22-10)19-14-12(9(17-19)4-5-20)13(18-21)15-7-16-14;18-7-3-9(17-12-10-6(15-17)1-2-26-16-11(10)13-5-14-12)28-8(7)4-27-32(22,23)30-33(24,25)29-31(19,20)21;18-4-8-7(19)3-9(21-8)17-12-10-6(15-17)1-2-20-16-11(10)13-5-14-12/h13-19,24-25,35H,9-12H2,1-8H3,(H,30,31,33);7-8,10-11,20-21H,3-6H2,1-2H3,(H,15,16,18);5,7-9,18H,1-4H2,(H,22,23)(H,24,25)(H,13,14,16)(H2,19,20,21);5,7-9,18-19H,1-4H2,(H,13,14,16)/p-4. The van der Waals surface area contributed by atoms with Crippen LogP contribution < -0.4 is 41.5 Å². The molecule has 0 saturated carbocycles. The molecule has 8 aromatic heterocycles. The number of hydrogen-bond acceptors (Lipinski definition) is 41. The zero-order chi connectivity index (χ0) is 83.5. The normalized spacial score (nSPS) is 24.5. The van der Waals surface area contributed by atoms with Crippen molar-refractivity contribution in [1.29, 1.82) is 0 Å². The largest absolute Gasteiger partial charge is 0.790 e. The number of benzene rings is 1. The van der Waals surface area contributed by atoms with E-state index < -0.39 is 77.1 Å². The van der Waals surface area contributed by atoms with Gasteiger partial charge in [0.25, 0.3) is 25.8 Å². The summed E-state index contributed by atoms with van der Waals surface area (Å²) < 4.78 is 107. The Morgan fingerprint density at radius 2 is 0.983 bits per heavy atom. The highest BCUT2D eigenvalue weighted by Gasteiger charge is 2.42. The van der Waals surface area contributed by atoms with Crippen molar-refractivity contribution in [3.63, 3.8) is 0 Å². The number of aliphatic hydroxyl groups is 4. The maximum Gasteiger partial charge on any atom is 0.297 e. The van der Waals surface area contributed by atoms with Crippen LogP contribution in [0.3, 0.4) is 0 Å². The van der Waals surface area contributed by atoms with Crippen LogP contribution >= 0.6 is 23.5 Å². The van der Waals surface area contributed by atoms with E-state index >= 15 is 0 Å². The van der Waals surface area contributed by atoms with Gasteiger partial charge in [0.2, 0.25) is 0 Å². The monoisotopic (exact) mass is 1700 g/mol. The molecule has 45 nitrogen and oxygen atoms in total. The van der Waals surface area contributed by atoms with Crippen LogP contribution in [0.2, 0.25) is 0 Å². The number of phosphoric acid groups is 3. The number of fused-ring (bicyclic) bond motifs is 2. The number of nitrogens with one attached hydrogen (secondary N) is 4. The quantitative estimate of drug-likeness (QED) is 0.0205. The molecule has 116 heavy (non-hydrogen) atoms. The highest BCUT2D eigenvalue weighted by Crippen LogP contribution is 2.61. The highest BCUT2D eigenvalue weighted by atomic mass is 32.2. The lowest BCUT2D eigenvalue weighted by Gasteiger charge is -2.37. The Labute approximate surface area is 663 Å². The average molecular weight is 1700 g/mol. The summed E-state index contributed by atoms with van der Waals surface area (Å²) in [5, 5.41) is 78.3. The van der Waals surface area contributed by atoms with Crippen LogP contribution in [0.25, 0.3) is 44.1 Å². The maximum absolute atomic E-state index is 13.7. The molecule has 1 aromatic carbocycles. The second-order valence-corrected chi connectivity index (χ2v) is 35.0. The van der Waals surface area contributed by atoms with Gasteiger partial charge in [-0.15, -0.1) is 0 Å². The average Bonchev–Trinajstić information content (AvgIpc) is 1.53. The van der Waals surface area contributed by atoms with Crippen LogP contribution in [-0.4, -0.2) is 195 Å². The number of ether oxygens (including phenoxy) is 4. The minimum absolute atomic E-state index is 0.000280. The van der Waals surface area contributed by atoms with Crippen molar-refractivity contribution in [2.75, 3.05) is 61.6 Å². The molecule has 0 spiro atoms. The van der Waals surface area contributed by atoms with Gasteiger partial charge in [0.15, 0.2) is 70.8 Å². The zero-order valence-corrected chi connectivity index (χ0v) is 68.3. The molecule has 15 rings (SSSR count). The Balaban J connectivity index is 0.000000147. The molecule has 0 bridgehead atoms. The van der Waals surface area contributed by atoms with E-state index in [1.54, 1.807) is 14.0 Å². The summed E-state index contributed by atoms with van der Waals surface area (Å²) in [6.07, 6.45) is 5.41. The molecule has 0 amide bonds. The first-order valence-corrected chi connectivity index (χ1v) is 43.4. The fourth-order valence-electron chi connectivity index (χ4n) is 14.7. The van der Waals surface area contributed by atoms with Crippen molar-refractivity contribution in [2.45, 2.75) is 218 Å². The van der Waals surface area contributed by atoms with E-state index in [0.29, 0.717) is 118 Å². The summed E-state index contributed by atoms with van der Waals surface area (Å²) in [5.74, 6) is 2.53. The first-order valence-electron chi connectivity index (χ1n) is 37.6. The van der Waals surface area contributed by atoms with Crippen molar-refractivity contribution in [3.8, 4) is 0 Å². The Morgan fingerprint density at radius 1 is 0.560 bits per heavy atom. The number of anilines is 4. The number of aromatic nitrogens is 16. The number of hydrogen-bond donors (Lipinski definition) is 10. The molecule has 49 heteroatoms. The Hall–Kier alpha value is -7.54. The highest BCUT2D eigenvalue weighted by molar-refractivity contribution is 7.86. The van der Waals surface area contributed by atoms with E-state index in [0.717, 1.165) is 53.5 Å². The van der Waals surface area contributed by atoms with Gasteiger partial charge in [0.05, 0.1) is 110 Å². The first kappa shape index (κ1) is 87.8. The van der Waals surface area contributed by atoms with Gasteiger partial charge < -0.3 is 68.0 Å². The van der Waals surface area contributed by atoms with Gasteiger partial charge >= 0.3 is 0 Å². The van der Waals surface area contributed by atoms with Crippen LogP contribution in [0.1, 0.15) is 190 Å². The fourth-order valence-corrected chi connectivity index (χ4v) is 19.1. The molecule has 6 aliphatic rings. The van der Waals surface area contributed by atoms with Crippen LogP contribution in [0.5, 0.6) is 0 Å². The summed E-state index contributed by atoms with van der Waals surface area (Å²) in [4.78, 5) is 87.8. The van der Waals surface area contributed by atoms with E-state index in [-0.39, 0.29) is 91.6 Å². The summed E-state index contributed by atoms with van der Waals surface area (Å²) in [5.41, 5.74) is 17.0. The third kappa shape index (κ3) is 19.5. The van der Waals surface area contributed by atoms with Crippen LogP contribution in [0.15, 0.2) is 42.3 Å². The van der Waals surface area contributed by atoms with Gasteiger partial charge in [-0.1, -0.05) is 81.4 Å². The van der Waals surface area contributed by atoms with Crippen molar-refractivity contribution in [3.05, 3.63) is 76.9 Å². The predicted octanol–water partition coefficient (Wildman–Crippen LogP) is 4.33. The lowest BCUT2D eigenvalue weighted by molar-refractivity contribution is -0.339. The Kier molecular flexibility index (Phi) is 28.0. The van der Waals surface area contributed by atoms with Gasteiger partial charge in [-0.25, -0.2) is 73.9 Å². The van der Waals surface area contributed by atoms with Crippen molar-refractivity contribution in [1.82, 2.24) is 79.0 Å². The van der Waals surface area contributed by atoms with E-state index in [1.807, 2.05) is 39.8 Å². The minimum Gasteiger partial charge on any atom is -0.790 e. The Morgan fingerprint density at radius 3 is 1.40 bits per heavy atom. The number of aliphatic hydroxyl groups excluding tert-OH is 4. The van der Waals surface area contributed by atoms with E-state index in [2.05, 4.69) is 132 Å². The molecule has 0 aliphatic carbocycles. The number of phosphoric ester groups is 1. The van der Waals surface area contributed by atoms with E-state index in [4.69, 9.17) is 37.9 Å². The smallest absolute Gasteiger partial charge is 0.297 e. The van der Waals surface area contributed by atoms with Gasteiger partial charge in [-0.2, -0.15) is 28.8 Å². The summed E-state index contributed by atoms with van der Waals surface area (Å²) in [6.45, 7) is 20.2. The SMILES string of the molecule is CCC1OC(n2nc(CCO)c3c(NO)ncnc32)CC1C.CCC1OC(n2nc(CCOS(=O)(=O)c3c(C(C)C)cc(C(C)C)cc3C(C)C)c3c(NO)ncnc32)CC1C.O=P([O-])([O-])OP(=O)([O-])OP(=O)([O-])OCC1OC(n2nc3c4c(ncnc42)NOCC3)CC1O.OCC1OC(n2nc3c4c(ncnc42)NOCC3)CC1O. The molecule has 14 unspecified atom stereocenters. The van der Waals surface area contributed by atoms with Crippen molar-refractivity contribution < 1.29 is 118 Å². The minimum atomic E-state index is -6.10. The topological polar surface area (TPSA) is 614 Å². The predicted molar refractivity (Wildman–Crippen MR) is 398 cm³/mol. The first-order chi connectivity index (χ1) is 55.2. The lowest BCUT2D eigenvalue weighted by atomic mass is 9.89. The third-order valence-corrected chi connectivity index (χ3v) is 25.4. The lowest BCUT2D eigenvalue weighted by Crippen LogP contribution is -2.27. The van der Waals surface area contributed by atoms with E-state index in [9.17, 15) is 72.5 Å². The van der Waals surface area contributed by atoms with Crippen LogP contribution in [0.4, 0.5) is 23.3 Å². The molecule has 4 saturated heterocycles. The van der Waals surface area contributed by atoms with Crippen molar-refractivity contribution >= 4 is 101 Å². The molecule has 6 aliphatic heterocycles. The Bertz CT molecular complexity index is 5180. The second-order valence-electron chi connectivity index (χ2n) is 29.2. The molecular formula is C67H93N20O25P3S-4. The summed E-state index contributed by atoms with van der Waals surface area (Å²) in [7, 11) is -22.0. The molecule has 9 aromatic rings. The summed E-state index contributed by atoms with van der Waals surface area (Å²) in [6, 6.07) is 3.99. The zero-order valence-electron chi connectivity index (χ0n) is 64.8. The second kappa shape index (κ2) is 37.0. The maximum atomic E-state index is 13.7. The van der Waals surface area contributed by atoms with Gasteiger partial charge in [-0.05, 0) is 72.0 Å². The molecular weight excluding hydrogens is 1610 g/mol. The molecule has 14 atom stereocenters. The van der Waals surface area contributed by atoms with Crippen LogP contribution in [-0.2, 0) is 95.4 Å². The van der Waals surface area contributed by atoms with Gasteiger partial charge in [0.1, 0.15) is 42.4 Å². The van der Waals surface area contributed by atoms with Gasteiger partial charge in [0, 0.05) is 45.1 Å². The third-order valence-electron chi connectivity index (χ3n) is 20.3. The molecule has 0 radical (unpaired) electrons. The molecule has 14 heterocycles. The summed E-state index contributed by atoms with van der Waals surface area (Å²) >= 11 is 0. The number of nitrogens with zero attached hydrogens (tertiary/aromatic N) is 16. The fraction of sp³-hybridized carbons (Fsp3) is 0.612. The van der Waals surface area contributed by atoms with Crippen LogP contribution in [0, 0.1) is 11.8 Å². The van der Waals surface area contributed by atoms with Gasteiger partial charge in [-0.3, -0.25) is 48.7 Å². The molecule has 636 valence electrons. The van der Waals surface area contributed by atoms with Crippen molar-refractivity contribution in [2.24, 2.45) is 11.8 Å².